The van der Waals surface area contributed by atoms with Crippen LogP contribution in [0.2, 0.25) is 0 Å². The first-order valence-electron chi connectivity index (χ1n) is 4.39. The lowest BCUT2D eigenvalue weighted by Gasteiger charge is -1.95. The van der Waals surface area contributed by atoms with Gasteiger partial charge in [-0.05, 0) is 12.1 Å². The quantitative estimate of drug-likeness (QED) is 0.672. The SMILES string of the molecule is CC(=O)N=c1sc2cccc(F)c2n1C. The van der Waals surface area contributed by atoms with Crippen molar-refractivity contribution in [2.75, 3.05) is 0 Å². The van der Waals surface area contributed by atoms with Gasteiger partial charge in [0.25, 0.3) is 0 Å². The summed E-state index contributed by atoms with van der Waals surface area (Å²) >= 11 is 1.30. The average molecular weight is 224 g/mol. The highest BCUT2D eigenvalue weighted by atomic mass is 32.1. The molecule has 2 aromatic rings. The van der Waals surface area contributed by atoms with Crippen molar-refractivity contribution in [3.63, 3.8) is 0 Å². The Kier molecular flexibility index (Phi) is 2.40. The maximum atomic E-state index is 13.5. The first kappa shape index (κ1) is 10.0. The summed E-state index contributed by atoms with van der Waals surface area (Å²) in [5.74, 6) is -0.575. The van der Waals surface area contributed by atoms with Gasteiger partial charge in [0.05, 0.1) is 10.2 Å². The van der Waals surface area contributed by atoms with Gasteiger partial charge >= 0.3 is 0 Å². The number of amides is 1. The third-order valence-corrected chi connectivity index (χ3v) is 3.12. The molecule has 0 aliphatic carbocycles. The molecule has 0 unspecified atom stereocenters. The van der Waals surface area contributed by atoms with Gasteiger partial charge in [-0.15, -0.1) is 0 Å². The zero-order chi connectivity index (χ0) is 11.0. The van der Waals surface area contributed by atoms with E-state index in [-0.39, 0.29) is 11.7 Å². The van der Waals surface area contributed by atoms with E-state index in [0.29, 0.717) is 10.3 Å². The number of benzene rings is 1. The lowest BCUT2D eigenvalue weighted by molar-refractivity contribution is -0.116. The van der Waals surface area contributed by atoms with Crippen molar-refractivity contribution in [3.8, 4) is 0 Å². The summed E-state index contributed by atoms with van der Waals surface area (Å²) in [6, 6.07) is 4.85. The van der Waals surface area contributed by atoms with E-state index in [2.05, 4.69) is 4.99 Å². The minimum Gasteiger partial charge on any atom is -0.317 e. The molecule has 0 saturated heterocycles. The molecule has 78 valence electrons. The Morgan fingerprint density at radius 3 is 2.87 bits per heavy atom. The Bertz CT molecular complexity index is 597. The molecule has 1 aromatic carbocycles. The Morgan fingerprint density at radius 1 is 1.53 bits per heavy atom. The Hall–Kier alpha value is -1.49. The van der Waals surface area contributed by atoms with Crippen molar-refractivity contribution in [1.29, 1.82) is 0 Å². The van der Waals surface area contributed by atoms with Crippen molar-refractivity contribution in [2.24, 2.45) is 12.0 Å². The van der Waals surface area contributed by atoms with E-state index in [4.69, 9.17) is 0 Å². The lowest BCUT2D eigenvalue weighted by Crippen LogP contribution is -2.12. The summed E-state index contributed by atoms with van der Waals surface area (Å²) in [7, 11) is 1.70. The number of halogens is 1. The van der Waals surface area contributed by atoms with E-state index in [1.807, 2.05) is 6.07 Å². The van der Waals surface area contributed by atoms with Crippen LogP contribution >= 0.6 is 11.3 Å². The number of hydrogen-bond acceptors (Lipinski definition) is 2. The second-order valence-corrected chi connectivity index (χ2v) is 4.17. The highest BCUT2D eigenvalue weighted by Gasteiger charge is 2.07. The van der Waals surface area contributed by atoms with Crippen LogP contribution in [-0.4, -0.2) is 10.5 Å². The summed E-state index contributed by atoms with van der Waals surface area (Å²) in [6.07, 6.45) is 0. The third-order valence-electron chi connectivity index (χ3n) is 2.03. The average Bonchev–Trinajstić information content (AvgIpc) is 2.44. The van der Waals surface area contributed by atoms with Gasteiger partial charge in [-0.3, -0.25) is 4.79 Å². The summed E-state index contributed by atoms with van der Waals surface area (Å²) in [4.78, 5) is 15.2. The van der Waals surface area contributed by atoms with Crippen LogP contribution in [0, 0.1) is 5.82 Å². The molecule has 0 N–H and O–H groups in total. The number of nitrogens with zero attached hydrogens (tertiary/aromatic N) is 2. The van der Waals surface area contributed by atoms with Crippen molar-refractivity contribution >= 4 is 27.5 Å². The molecule has 0 bridgehead atoms. The number of rotatable bonds is 0. The van der Waals surface area contributed by atoms with Crippen LogP contribution in [0.3, 0.4) is 0 Å². The van der Waals surface area contributed by atoms with Crippen LogP contribution in [0.25, 0.3) is 10.2 Å². The molecule has 1 aromatic heterocycles. The molecular weight excluding hydrogens is 215 g/mol. The Morgan fingerprint density at radius 2 is 2.27 bits per heavy atom. The molecule has 15 heavy (non-hydrogen) atoms. The van der Waals surface area contributed by atoms with Gasteiger partial charge in [0.1, 0.15) is 5.82 Å². The smallest absolute Gasteiger partial charge is 0.245 e. The molecule has 1 heterocycles. The minimum absolute atomic E-state index is 0.280. The van der Waals surface area contributed by atoms with Gasteiger partial charge in [0.15, 0.2) is 4.80 Å². The fraction of sp³-hybridized carbons (Fsp3) is 0.200. The van der Waals surface area contributed by atoms with Gasteiger partial charge in [0, 0.05) is 14.0 Å². The summed E-state index contributed by atoms with van der Waals surface area (Å²) in [6.45, 7) is 1.38. The zero-order valence-corrected chi connectivity index (χ0v) is 9.14. The molecule has 1 amide bonds. The highest BCUT2D eigenvalue weighted by molar-refractivity contribution is 7.16. The maximum Gasteiger partial charge on any atom is 0.245 e. The molecule has 0 spiro atoms. The largest absolute Gasteiger partial charge is 0.317 e. The van der Waals surface area contributed by atoms with Crippen LogP contribution in [0.1, 0.15) is 6.92 Å². The van der Waals surface area contributed by atoms with E-state index in [1.54, 1.807) is 17.7 Å². The van der Waals surface area contributed by atoms with E-state index in [9.17, 15) is 9.18 Å². The molecule has 0 radical (unpaired) electrons. The molecule has 0 aliphatic rings. The molecule has 0 atom stereocenters. The molecular formula is C10H9FN2OS. The number of para-hydroxylation sites is 1. The predicted octanol–water partition coefficient (Wildman–Crippen LogP) is 1.83. The summed E-state index contributed by atoms with van der Waals surface area (Å²) in [5, 5.41) is 0. The number of aromatic nitrogens is 1. The first-order valence-corrected chi connectivity index (χ1v) is 5.20. The number of aryl methyl sites for hydroxylation is 1. The summed E-state index contributed by atoms with van der Waals surface area (Å²) < 4.78 is 15.8. The number of fused-ring (bicyclic) bond motifs is 1. The minimum atomic E-state index is -0.295. The maximum absolute atomic E-state index is 13.5. The van der Waals surface area contributed by atoms with Gasteiger partial charge < -0.3 is 4.57 Å². The Labute approximate surface area is 89.5 Å². The van der Waals surface area contributed by atoms with Crippen molar-refractivity contribution in [1.82, 2.24) is 4.57 Å². The second kappa shape index (κ2) is 3.58. The first-order chi connectivity index (χ1) is 7.09. The van der Waals surface area contributed by atoms with Crippen molar-refractivity contribution in [2.45, 2.75) is 6.92 Å². The fourth-order valence-corrected chi connectivity index (χ4v) is 2.48. The normalized spacial score (nSPS) is 12.3. The van der Waals surface area contributed by atoms with E-state index in [1.165, 1.54) is 24.3 Å². The molecule has 2 rings (SSSR count). The van der Waals surface area contributed by atoms with Gasteiger partial charge in [0.2, 0.25) is 5.91 Å². The third kappa shape index (κ3) is 1.70. The molecule has 3 nitrogen and oxygen atoms in total. The highest BCUT2D eigenvalue weighted by Crippen LogP contribution is 2.18. The van der Waals surface area contributed by atoms with Gasteiger partial charge in [-0.1, -0.05) is 17.4 Å². The van der Waals surface area contributed by atoms with Crippen LogP contribution in [-0.2, 0) is 11.8 Å². The topological polar surface area (TPSA) is 34.4 Å². The predicted molar refractivity (Wildman–Crippen MR) is 57.0 cm³/mol. The molecule has 5 heteroatoms. The lowest BCUT2D eigenvalue weighted by atomic mass is 10.3. The number of carbonyl (C=O) groups excluding carboxylic acids is 1. The number of thiazole rings is 1. The van der Waals surface area contributed by atoms with E-state index >= 15 is 0 Å². The molecule has 0 saturated carbocycles. The number of carbonyl (C=O) groups is 1. The monoisotopic (exact) mass is 224 g/mol. The zero-order valence-electron chi connectivity index (χ0n) is 8.32. The molecule has 0 fully saturated rings. The van der Waals surface area contributed by atoms with Crippen molar-refractivity contribution < 1.29 is 9.18 Å². The van der Waals surface area contributed by atoms with Gasteiger partial charge in [-0.25, -0.2) is 4.39 Å². The molecule has 0 aliphatic heterocycles. The van der Waals surface area contributed by atoms with Crippen LogP contribution in [0.4, 0.5) is 4.39 Å². The second-order valence-electron chi connectivity index (χ2n) is 3.16. The summed E-state index contributed by atoms with van der Waals surface area (Å²) in [5.41, 5.74) is 0.488. The van der Waals surface area contributed by atoms with Crippen LogP contribution in [0.5, 0.6) is 0 Å². The van der Waals surface area contributed by atoms with Crippen LogP contribution < -0.4 is 4.80 Å². The number of hydrogen-bond donors (Lipinski definition) is 0. The van der Waals surface area contributed by atoms with Crippen LogP contribution in [0.15, 0.2) is 23.2 Å². The van der Waals surface area contributed by atoms with E-state index < -0.39 is 0 Å². The Balaban J connectivity index is 2.87. The fourth-order valence-electron chi connectivity index (χ4n) is 1.40. The van der Waals surface area contributed by atoms with Gasteiger partial charge in [-0.2, -0.15) is 4.99 Å². The standard InChI is InChI=1S/C10H9FN2OS/c1-6(14)12-10-13(2)9-7(11)4-3-5-8(9)15-10/h3-5H,1-2H3. The van der Waals surface area contributed by atoms with Crippen molar-refractivity contribution in [3.05, 3.63) is 28.8 Å². The van der Waals surface area contributed by atoms with E-state index in [0.717, 1.165) is 4.70 Å².